The molecule has 0 spiro atoms. The minimum atomic E-state index is -0.314. The van der Waals surface area contributed by atoms with Gasteiger partial charge in [0.05, 0.1) is 17.2 Å². The number of carbonyl (C=O) groups is 1. The first-order valence-electron chi connectivity index (χ1n) is 8.41. The van der Waals surface area contributed by atoms with E-state index in [0.717, 1.165) is 41.5 Å². The minimum absolute atomic E-state index is 0.159. The van der Waals surface area contributed by atoms with Gasteiger partial charge in [-0.1, -0.05) is 12.1 Å². The highest BCUT2D eigenvalue weighted by atomic mass is 16.2. The minimum Gasteiger partial charge on any atom is -0.342 e. The molecule has 128 valence electrons. The summed E-state index contributed by atoms with van der Waals surface area (Å²) in [5.74, 6) is 0.941. The van der Waals surface area contributed by atoms with Crippen molar-refractivity contribution in [3.05, 3.63) is 58.0 Å². The van der Waals surface area contributed by atoms with Gasteiger partial charge in [-0.05, 0) is 31.4 Å². The van der Waals surface area contributed by atoms with Crippen LogP contribution in [0.1, 0.15) is 40.6 Å². The lowest BCUT2D eigenvalue weighted by Crippen LogP contribution is -2.40. The molecule has 2 aromatic heterocycles. The first kappa shape index (κ1) is 15.6. The van der Waals surface area contributed by atoms with Crippen molar-refractivity contribution in [2.24, 2.45) is 0 Å². The van der Waals surface area contributed by atoms with Crippen LogP contribution in [0.5, 0.6) is 0 Å². The molecular weight excluding hydrogens is 318 g/mol. The molecule has 0 radical (unpaired) electrons. The van der Waals surface area contributed by atoms with Crippen LogP contribution < -0.4 is 5.56 Å². The van der Waals surface area contributed by atoms with Crippen molar-refractivity contribution in [2.75, 3.05) is 13.1 Å². The van der Waals surface area contributed by atoms with Crippen LogP contribution in [0.25, 0.3) is 11.0 Å². The number of likely N-dealkylation sites (tertiary alicyclic amines) is 1. The quantitative estimate of drug-likeness (QED) is 0.747. The molecule has 0 saturated carbocycles. The third-order valence-corrected chi connectivity index (χ3v) is 4.72. The Kier molecular flexibility index (Phi) is 3.83. The second-order valence-corrected chi connectivity index (χ2v) is 6.48. The number of hydrogen-bond acceptors (Lipinski definition) is 4. The molecule has 0 aliphatic carbocycles. The van der Waals surface area contributed by atoms with Crippen molar-refractivity contribution in [2.45, 2.75) is 25.7 Å². The van der Waals surface area contributed by atoms with E-state index >= 15 is 0 Å². The molecule has 1 atom stereocenters. The Balaban J connectivity index is 1.57. The van der Waals surface area contributed by atoms with Crippen LogP contribution in [0.2, 0.25) is 0 Å². The standard InChI is InChI=1S/C18H19N5O2/c1-11-4-2-6-13-16(11)22-17(21-13)12-5-3-7-23(10-12)18(25)14-8-20-15(24)9-19-14/h2,4,6,8-9,12H,3,5,7,10H2,1H3,(H,20,24)(H,21,22). The molecule has 1 aromatic carbocycles. The summed E-state index contributed by atoms with van der Waals surface area (Å²) < 4.78 is 0. The molecule has 0 bridgehead atoms. The van der Waals surface area contributed by atoms with E-state index in [2.05, 4.69) is 15.0 Å². The highest BCUT2D eigenvalue weighted by Crippen LogP contribution is 2.28. The average molecular weight is 337 g/mol. The molecule has 1 amide bonds. The lowest BCUT2D eigenvalue weighted by molar-refractivity contribution is 0.0698. The van der Waals surface area contributed by atoms with E-state index in [-0.39, 0.29) is 23.1 Å². The zero-order valence-corrected chi connectivity index (χ0v) is 14.0. The molecule has 1 aliphatic heterocycles. The number of amides is 1. The van der Waals surface area contributed by atoms with Gasteiger partial charge >= 0.3 is 0 Å². The highest BCUT2D eigenvalue weighted by Gasteiger charge is 2.28. The maximum atomic E-state index is 12.6. The zero-order valence-electron chi connectivity index (χ0n) is 14.0. The Hall–Kier alpha value is -2.96. The van der Waals surface area contributed by atoms with E-state index in [1.54, 1.807) is 4.90 Å². The summed E-state index contributed by atoms with van der Waals surface area (Å²) in [6.07, 6.45) is 4.41. The van der Waals surface area contributed by atoms with Crippen LogP contribution in [-0.2, 0) is 0 Å². The van der Waals surface area contributed by atoms with Crippen LogP contribution in [0.15, 0.2) is 35.4 Å². The molecule has 3 heterocycles. The average Bonchev–Trinajstić information content (AvgIpc) is 3.08. The molecule has 1 unspecified atom stereocenters. The monoisotopic (exact) mass is 337 g/mol. The van der Waals surface area contributed by atoms with E-state index < -0.39 is 0 Å². The van der Waals surface area contributed by atoms with Gasteiger partial charge in [-0.3, -0.25) is 9.59 Å². The Morgan fingerprint density at radius 1 is 1.36 bits per heavy atom. The molecular formula is C18H19N5O2. The molecule has 7 nitrogen and oxygen atoms in total. The largest absolute Gasteiger partial charge is 0.342 e. The molecule has 2 N–H and O–H groups in total. The summed E-state index contributed by atoms with van der Waals surface area (Å²) in [6.45, 7) is 3.33. The molecule has 1 saturated heterocycles. The fourth-order valence-corrected chi connectivity index (χ4v) is 3.39. The van der Waals surface area contributed by atoms with E-state index in [1.807, 2.05) is 25.1 Å². The van der Waals surface area contributed by atoms with E-state index in [1.165, 1.54) is 6.20 Å². The molecule has 1 aliphatic rings. The zero-order chi connectivity index (χ0) is 17.4. The number of aryl methyl sites for hydroxylation is 1. The number of rotatable bonds is 2. The Bertz CT molecular complexity index is 970. The number of nitrogens with one attached hydrogen (secondary N) is 2. The van der Waals surface area contributed by atoms with Gasteiger partial charge < -0.3 is 14.9 Å². The van der Waals surface area contributed by atoms with Crippen LogP contribution in [0.3, 0.4) is 0 Å². The summed E-state index contributed by atoms with van der Waals surface area (Å²) in [5, 5.41) is 0. The summed E-state index contributed by atoms with van der Waals surface area (Å²) in [7, 11) is 0. The number of imidazole rings is 1. The Morgan fingerprint density at radius 3 is 3.00 bits per heavy atom. The smallest absolute Gasteiger partial charge is 0.273 e. The summed E-state index contributed by atoms with van der Waals surface area (Å²) >= 11 is 0. The number of benzene rings is 1. The fraction of sp³-hybridized carbons (Fsp3) is 0.333. The van der Waals surface area contributed by atoms with E-state index in [4.69, 9.17) is 4.98 Å². The number of hydrogen-bond donors (Lipinski definition) is 2. The normalized spacial score (nSPS) is 17.8. The molecule has 3 aromatic rings. The SMILES string of the molecule is Cc1cccc2[nH]c(C3CCCN(C(=O)c4c[nH]c(=O)cn4)C3)nc12. The topological polar surface area (TPSA) is 94.7 Å². The predicted octanol–water partition coefficient (Wildman–Crippen LogP) is 1.97. The third-order valence-electron chi connectivity index (χ3n) is 4.72. The number of piperidine rings is 1. The number of fused-ring (bicyclic) bond motifs is 1. The van der Waals surface area contributed by atoms with Crippen LogP contribution in [-0.4, -0.2) is 43.8 Å². The second-order valence-electron chi connectivity index (χ2n) is 6.48. The van der Waals surface area contributed by atoms with Crippen molar-refractivity contribution in [3.8, 4) is 0 Å². The van der Waals surface area contributed by atoms with Crippen molar-refractivity contribution >= 4 is 16.9 Å². The van der Waals surface area contributed by atoms with Gasteiger partial charge in [0.2, 0.25) is 0 Å². The summed E-state index contributed by atoms with van der Waals surface area (Å²) in [6, 6.07) is 6.08. The number of nitrogens with zero attached hydrogens (tertiary/aromatic N) is 3. The maximum Gasteiger partial charge on any atom is 0.273 e. The molecule has 4 rings (SSSR count). The fourth-order valence-electron chi connectivity index (χ4n) is 3.39. The summed E-state index contributed by atoms with van der Waals surface area (Å²) in [5.41, 5.74) is 3.11. The van der Waals surface area contributed by atoms with Crippen LogP contribution >= 0.6 is 0 Å². The van der Waals surface area contributed by atoms with Crippen molar-refractivity contribution in [3.63, 3.8) is 0 Å². The van der Waals surface area contributed by atoms with Crippen molar-refractivity contribution in [1.82, 2.24) is 24.8 Å². The van der Waals surface area contributed by atoms with Gasteiger partial charge in [-0.15, -0.1) is 0 Å². The maximum absolute atomic E-state index is 12.6. The lowest BCUT2D eigenvalue weighted by atomic mass is 9.97. The Labute approximate surface area is 144 Å². The highest BCUT2D eigenvalue weighted by molar-refractivity contribution is 5.92. The number of carbonyl (C=O) groups excluding carboxylic acids is 1. The van der Waals surface area contributed by atoms with Crippen LogP contribution in [0.4, 0.5) is 0 Å². The molecule has 25 heavy (non-hydrogen) atoms. The summed E-state index contributed by atoms with van der Waals surface area (Å²) in [4.78, 5) is 40.1. The van der Waals surface area contributed by atoms with E-state index in [9.17, 15) is 9.59 Å². The number of H-pyrrole nitrogens is 2. The van der Waals surface area contributed by atoms with Crippen LogP contribution in [0, 0.1) is 6.92 Å². The predicted molar refractivity (Wildman–Crippen MR) is 93.6 cm³/mol. The second kappa shape index (κ2) is 6.16. The number of para-hydroxylation sites is 1. The third kappa shape index (κ3) is 2.93. The van der Waals surface area contributed by atoms with Crippen molar-refractivity contribution < 1.29 is 4.79 Å². The first-order chi connectivity index (χ1) is 12.1. The number of aromatic nitrogens is 4. The van der Waals surface area contributed by atoms with Gasteiger partial charge in [0.1, 0.15) is 11.5 Å². The van der Waals surface area contributed by atoms with E-state index in [0.29, 0.717) is 13.1 Å². The first-order valence-corrected chi connectivity index (χ1v) is 8.41. The number of aromatic amines is 2. The van der Waals surface area contributed by atoms with Crippen molar-refractivity contribution in [1.29, 1.82) is 0 Å². The van der Waals surface area contributed by atoms with Gasteiger partial charge in [0.25, 0.3) is 11.5 Å². The van der Waals surface area contributed by atoms with Gasteiger partial charge in [0, 0.05) is 25.2 Å². The Morgan fingerprint density at radius 2 is 2.24 bits per heavy atom. The van der Waals surface area contributed by atoms with Gasteiger partial charge in [0.15, 0.2) is 0 Å². The van der Waals surface area contributed by atoms with Gasteiger partial charge in [-0.25, -0.2) is 9.97 Å². The molecule has 7 heteroatoms. The lowest BCUT2D eigenvalue weighted by Gasteiger charge is -2.31. The molecule has 1 fully saturated rings. The van der Waals surface area contributed by atoms with Gasteiger partial charge in [-0.2, -0.15) is 0 Å².